The minimum Gasteiger partial charge on any atom is -0.456 e. The van der Waals surface area contributed by atoms with Crippen molar-refractivity contribution in [1.82, 2.24) is 19.5 Å². The summed E-state index contributed by atoms with van der Waals surface area (Å²) in [6, 6.07) is 64.1. The minimum atomic E-state index is -0.0739. The Morgan fingerprint density at radius 2 is 0.949 bits per heavy atom. The van der Waals surface area contributed by atoms with Gasteiger partial charge in [0.15, 0.2) is 17.5 Å². The average molecular weight is 757 g/mol. The van der Waals surface area contributed by atoms with Crippen molar-refractivity contribution in [1.29, 1.82) is 0 Å². The Kier molecular flexibility index (Phi) is 7.20. The normalized spacial score (nSPS) is 13.1. The number of para-hydroxylation sites is 1. The molecule has 0 unspecified atom stereocenters. The number of benzene rings is 8. The van der Waals surface area contributed by atoms with Crippen LogP contribution in [0.15, 0.2) is 186 Å². The van der Waals surface area contributed by atoms with Gasteiger partial charge in [0.05, 0.1) is 11.0 Å². The number of rotatable bonds is 5. The van der Waals surface area contributed by atoms with E-state index in [4.69, 9.17) is 19.4 Å². The van der Waals surface area contributed by atoms with Gasteiger partial charge < -0.3 is 8.98 Å². The highest BCUT2D eigenvalue weighted by molar-refractivity contribution is 6.12. The van der Waals surface area contributed by atoms with Crippen LogP contribution >= 0.6 is 0 Å². The van der Waals surface area contributed by atoms with Crippen LogP contribution in [0.2, 0.25) is 0 Å². The van der Waals surface area contributed by atoms with Gasteiger partial charge in [-0.2, -0.15) is 0 Å². The van der Waals surface area contributed by atoms with E-state index in [1.54, 1.807) is 0 Å². The number of nitrogens with zero attached hydrogens (tertiary/aromatic N) is 4. The Morgan fingerprint density at radius 1 is 0.390 bits per heavy atom. The molecule has 59 heavy (non-hydrogen) atoms. The molecule has 0 bridgehead atoms. The second-order valence-corrected chi connectivity index (χ2v) is 16.0. The van der Waals surface area contributed by atoms with Crippen LogP contribution in [0.4, 0.5) is 0 Å². The molecule has 0 amide bonds. The molecule has 0 fully saturated rings. The molecule has 5 nitrogen and oxygen atoms in total. The van der Waals surface area contributed by atoms with Crippen molar-refractivity contribution in [2.24, 2.45) is 0 Å². The lowest BCUT2D eigenvalue weighted by atomic mass is 9.82. The molecule has 0 N–H and O–H groups in total. The van der Waals surface area contributed by atoms with Crippen LogP contribution in [0.25, 0.3) is 106 Å². The summed E-state index contributed by atoms with van der Waals surface area (Å²) in [4.78, 5) is 15.0. The fraction of sp³-hybridized carbons (Fsp3) is 0.0556. The molecule has 3 heterocycles. The third-order valence-electron chi connectivity index (χ3n) is 12.3. The third-order valence-corrected chi connectivity index (χ3v) is 12.3. The van der Waals surface area contributed by atoms with E-state index < -0.39 is 0 Å². The Hall–Kier alpha value is -7.63. The lowest BCUT2D eigenvalue weighted by Gasteiger charge is -2.21. The van der Waals surface area contributed by atoms with Crippen molar-refractivity contribution in [2.45, 2.75) is 19.3 Å². The van der Waals surface area contributed by atoms with E-state index in [0.29, 0.717) is 17.5 Å². The number of hydrogen-bond donors (Lipinski definition) is 0. The topological polar surface area (TPSA) is 56.7 Å². The van der Waals surface area contributed by atoms with Crippen LogP contribution in [0, 0.1) is 0 Å². The summed E-state index contributed by atoms with van der Waals surface area (Å²) in [7, 11) is 0. The molecule has 0 aliphatic heterocycles. The van der Waals surface area contributed by atoms with Gasteiger partial charge in [-0.15, -0.1) is 0 Å². The molecule has 0 radical (unpaired) electrons. The molecule has 0 saturated heterocycles. The van der Waals surface area contributed by atoms with Gasteiger partial charge in [0.25, 0.3) is 0 Å². The molecular formula is C54H36N4O. The molecule has 8 aromatic carbocycles. The van der Waals surface area contributed by atoms with Crippen LogP contribution < -0.4 is 0 Å². The molecule has 12 rings (SSSR count). The largest absolute Gasteiger partial charge is 0.456 e. The fourth-order valence-corrected chi connectivity index (χ4v) is 9.28. The van der Waals surface area contributed by atoms with Crippen LogP contribution in [-0.4, -0.2) is 19.5 Å². The molecule has 1 aliphatic rings. The maximum atomic E-state index is 6.73. The molecule has 0 spiro atoms. The maximum absolute atomic E-state index is 6.73. The summed E-state index contributed by atoms with van der Waals surface area (Å²) >= 11 is 0. The molecule has 0 atom stereocenters. The van der Waals surface area contributed by atoms with Crippen molar-refractivity contribution in [3.63, 3.8) is 0 Å². The van der Waals surface area contributed by atoms with E-state index in [1.165, 1.54) is 49.6 Å². The van der Waals surface area contributed by atoms with Crippen molar-refractivity contribution >= 4 is 43.7 Å². The zero-order chi connectivity index (χ0) is 39.2. The zero-order valence-electron chi connectivity index (χ0n) is 32.5. The summed E-state index contributed by atoms with van der Waals surface area (Å²) in [6.45, 7) is 4.69. The lowest BCUT2D eigenvalue weighted by Crippen LogP contribution is -2.14. The van der Waals surface area contributed by atoms with Crippen molar-refractivity contribution in [2.75, 3.05) is 0 Å². The predicted octanol–water partition coefficient (Wildman–Crippen LogP) is 13.8. The Balaban J connectivity index is 0.978. The van der Waals surface area contributed by atoms with E-state index in [9.17, 15) is 0 Å². The highest BCUT2D eigenvalue weighted by Gasteiger charge is 2.36. The molecule has 11 aromatic rings. The minimum absolute atomic E-state index is 0.0739. The maximum Gasteiger partial charge on any atom is 0.164 e. The van der Waals surface area contributed by atoms with Gasteiger partial charge in [0.1, 0.15) is 11.2 Å². The summed E-state index contributed by atoms with van der Waals surface area (Å²) in [6.07, 6.45) is 0. The number of fused-ring (bicyclic) bond motifs is 9. The van der Waals surface area contributed by atoms with Gasteiger partial charge in [-0.25, -0.2) is 15.0 Å². The summed E-state index contributed by atoms with van der Waals surface area (Å²) in [5, 5.41) is 4.61. The second-order valence-electron chi connectivity index (χ2n) is 16.0. The van der Waals surface area contributed by atoms with E-state index in [-0.39, 0.29) is 5.41 Å². The summed E-state index contributed by atoms with van der Waals surface area (Å²) in [5.41, 5.74) is 15.3. The first-order valence-corrected chi connectivity index (χ1v) is 20.1. The van der Waals surface area contributed by atoms with Crippen LogP contribution in [0.5, 0.6) is 0 Å². The summed E-state index contributed by atoms with van der Waals surface area (Å²) < 4.78 is 9.12. The van der Waals surface area contributed by atoms with Gasteiger partial charge in [0, 0.05) is 55.4 Å². The van der Waals surface area contributed by atoms with Crippen LogP contribution in [-0.2, 0) is 5.41 Å². The SMILES string of the molecule is CC1(C)c2ccccc2-c2cc3c(cc21)c1ccccc1n3-c1ccc2c(c1)oc1cc(-c3nc(-c4ccccc4)nc(-c4ccc(-c5ccccc5)cc4)n3)ccc12. The predicted molar refractivity (Wildman–Crippen MR) is 241 cm³/mol. The Bertz CT molecular complexity index is 3450. The Morgan fingerprint density at radius 3 is 1.71 bits per heavy atom. The smallest absolute Gasteiger partial charge is 0.164 e. The van der Waals surface area contributed by atoms with E-state index >= 15 is 0 Å². The van der Waals surface area contributed by atoms with Gasteiger partial charge in [-0.1, -0.05) is 147 Å². The van der Waals surface area contributed by atoms with E-state index in [1.807, 2.05) is 36.4 Å². The summed E-state index contributed by atoms with van der Waals surface area (Å²) in [5.74, 6) is 1.83. The molecule has 5 heteroatoms. The van der Waals surface area contributed by atoms with Gasteiger partial charge >= 0.3 is 0 Å². The molecular weight excluding hydrogens is 721 g/mol. The molecule has 278 valence electrons. The quantitative estimate of drug-likeness (QED) is 0.175. The monoisotopic (exact) mass is 756 g/mol. The van der Waals surface area contributed by atoms with Gasteiger partial charge in [-0.05, 0) is 75.8 Å². The lowest BCUT2D eigenvalue weighted by molar-refractivity contribution is 0.661. The van der Waals surface area contributed by atoms with E-state index in [0.717, 1.165) is 49.9 Å². The molecule has 3 aromatic heterocycles. The first-order chi connectivity index (χ1) is 29.0. The van der Waals surface area contributed by atoms with Crippen LogP contribution in [0.1, 0.15) is 25.0 Å². The number of aromatic nitrogens is 4. The number of hydrogen-bond acceptors (Lipinski definition) is 4. The molecule has 1 aliphatic carbocycles. The average Bonchev–Trinajstić information content (AvgIpc) is 3.90. The van der Waals surface area contributed by atoms with Crippen molar-refractivity contribution in [3.8, 4) is 62.1 Å². The highest BCUT2D eigenvalue weighted by Crippen LogP contribution is 2.51. The van der Waals surface area contributed by atoms with Crippen molar-refractivity contribution in [3.05, 3.63) is 193 Å². The standard InChI is InChI=1S/C54H36N4O/c1-54(2)45-19-11-9-17-39(45)43-32-48-44(31-46(43)54)40-18-10-12-20-47(40)58(48)38-26-28-42-41-27-25-37(29-49(41)59-50(42)30-38)53-56-51(35-15-7-4-8-16-35)55-52(57-53)36-23-21-34(22-24-36)33-13-5-3-6-14-33/h3-32H,1-2H3. The first kappa shape index (κ1) is 33.5. The fourth-order valence-electron chi connectivity index (χ4n) is 9.28. The Labute approximate surface area is 340 Å². The second kappa shape index (κ2) is 12.7. The number of furan rings is 1. The zero-order valence-corrected chi connectivity index (χ0v) is 32.5. The third kappa shape index (κ3) is 5.21. The van der Waals surface area contributed by atoms with Crippen LogP contribution in [0.3, 0.4) is 0 Å². The van der Waals surface area contributed by atoms with E-state index in [2.05, 4.69) is 164 Å². The van der Waals surface area contributed by atoms with Crippen molar-refractivity contribution < 1.29 is 4.42 Å². The first-order valence-electron chi connectivity index (χ1n) is 20.1. The molecule has 0 saturated carbocycles. The van der Waals surface area contributed by atoms with Gasteiger partial charge in [-0.3, -0.25) is 0 Å². The highest BCUT2D eigenvalue weighted by atomic mass is 16.3. The van der Waals surface area contributed by atoms with Gasteiger partial charge in [0.2, 0.25) is 0 Å².